The Balaban J connectivity index is 2.25. The standard InChI is InChI=1S/C12H21NO2/c1-9(7-10(2)14)8-13-11(3)12-5-4-6-15-12/h4-6,9-11,13-14H,7-8H2,1-3H3. The third kappa shape index (κ3) is 4.49. The van der Waals surface area contributed by atoms with Crippen LogP contribution in [0.15, 0.2) is 22.8 Å². The summed E-state index contributed by atoms with van der Waals surface area (Å²) in [5.74, 6) is 1.43. The zero-order valence-electron chi connectivity index (χ0n) is 9.73. The number of aliphatic hydroxyl groups excluding tert-OH is 1. The summed E-state index contributed by atoms with van der Waals surface area (Å²) < 4.78 is 5.30. The average Bonchev–Trinajstić information content (AvgIpc) is 2.65. The van der Waals surface area contributed by atoms with E-state index in [9.17, 15) is 5.11 Å². The Morgan fingerprint density at radius 3 is 2.67 bits per heavy atom. The normalized spacial score (nSPS) is 17.3. The maximum Gasteiger partial charge on any atom is 0.120 e. The molecule has 0 bridgehead atoms. The Kier molecular flexibility index (Phi) is 4.85. The summed E-state index contributed by atoms with van der Waals surface area (Å²) >= 11 is 0. The van der Waals surface area contributed by atoms with Crippen molar-refractivity contribution < 1.29 is 9.52 Å². The Hall–Kier alpha value is -0.800. The number of furan rings is 1. The molecular weight excluding hydrogens is 190 g/mol. The molecule has 0 amide bonds. The van der Waals surface area contributed by atoms with Crippen molar-refractivity contribution in [3.8, 4) is 0 Å². The van der Waals surface area contributed by atoms with Gasteiger partial charge in [-0.05, 0) is 44.9 Å². The van der Waals surface area contributed by atoms with E-state index in [2.05, 4.69) is 19.2 Å². The SMILES string of the molecule is CC(O)CC(C)CNC(C)c1ccco1. The minimum Gasteiger partial charge on any atom is -0.468 e. The fraction of sp³-hybridized carbons (Fsp3) is 0.667. The van der Waals surface area contributed by atoms with Crippen LogP contribution in [-0.2, 0) is 0 Å². The van der Waals surface area contributed by atoms with Crippen LogP contribution in [0.4, 0.5) is 0 Å². The predicted molar refractivity (Wildman–Crippen MR) is 60.6 cm³/mol. The van der Waals surface area contributed by atoms with E-state index in [4.69, 9.17) is 4.42 Å². The molecule has 0 spiro atoms. The summed E-state index contributed by atoms with van der Waals surface area (Å²) in [5.41, 5.74) is 0. The summed E-state index contributed by atoms with van der Waals surface area (Å²) in [5, 5.41) is 12.6. The summed E-state index contributed by atoms with van der Waals surface area (Å²) in [4.78, 5) is 0. The Bertz CT molecular complexity index is 257. The van der Waals surface area contributed by atoms with Gasteiger partial charge in [-0.2, -0.15) is 0 Å². The van der Waals surface area contributed by atoms with Gasteiger partial charge in [0.25, 0.3) is 0 Å². The molecule has 0 aliphatic carbocycles. The van der Waals surface area contributed by atoms with E-state index in [1.807, 2.05) is 19.1 Å². The molecule has 3 atom stereocenters. The van der Waals surface area contributed by atoms with Crippen molar-refractivity contribution in [2.45, 2.75) is 39.3 Å². The van der Waals surface area contributed by atoms with Gasteiger partial charge < -0.3 is 14.8 Å². The Morgan fingerprint density at radius 2 is 2.13 bits per heavy atom. The zero-order valence-corrected chi connectivity index (χ0v) is 9.73. The quantitative estimate of drug-likeness (QED) is 0.759. The second-order valence-electron chi connectivity index (χ2n) is 4.34. The van der Waals surface area contributed by atoms with Crippen LogP contribution in [0.3, 0.4) is 0 Å². The van der Waals surface area contributed by atoms with Crippen molar-refractivity contribution in [2.75, 3.05) is 6.54 Å². The van der Waals surface area contributed by atoms with Gasteiger partial charge in [-0.1, -0.05) is 6.92 Å². The number of rotatable bonds is 6. The average molecular weight is 211 g/mol. The first-order valence-corrected chi connectivity index (χ1v) is 5.54. The van der Waals surface area contributed by atoms with Crippen LogP contribution in [-0.4, -0.2) is 17.8 Å². The number of hydrogen-bond donors (Lipinski definition) is 2. The van der Waals surface area contributed by atoms with Gasteiger partial charge in [-0.15, -0.1) is 0 Å². The Morgan fingerprint density at radius 1 is 1.40 bits per heavy atom. The lowest BCUT2D eigenvalue weighted by molar-refractivity contribution is 0.162. The van der Waals surface area contributed by atoms with Gasteiger partial charge in [-0.3, -0.25) is 0 Å². The fourth-order valence-corrected chi connectivity index (χ4v) is 1.68. The van der Waals surface area contributed by atoms with Crippen LogP contribution in [0.1, 0.15) is 39.0 Å². The number of hydrogen-bond acceptors (Lipinski definition) is 3. The van der Waals surface area contributed by atoms with E-state index in [0.29, 0.717) is 5.92 Å². The molecule has 3 nitrogen and oxygen atoms in total. The number of nitrogens with one attached hydrogen (secondary N) is 1. The molecule has 1 rings (SSSR count). The molecule has 0 radical (unpaired) electrons. The van der Waals surface area contributed by atoms with Gasteiger partial charge in [-0.25, -0.2) is 0 Å². The molecule has 0 aliphatic rings. The molecule has 0 aliphatic heterocycles. The topological polar surface area (TPSA) is 45.4 Å². The van der Waals surface area contributed by atoms with Gasteiger partial charge in [0.05, 0.1) is 18.4 Å². The van der Waals surface area contributed by atoms with E-state index in [-0.39, 0.29) is 12.1 Å². The minimum atomic E-state index is -0.222. The molecular formula is C12H21NO2. The largest absolute Gasteiger partial charge is 0.468 e. The lowest BCUT2D eigenvalue weighted by Gasteiger charge is -2.17. The van der Waals surface area contributed by atoms with Gasteiger partial charge in [0.1, 0.15) is 5.76 Å². The molecule has 3 heteroatoms. The molecule has 0 saturated heterocycles. The van der Waals surface area contributed by atoms with Crippen LogP contribution in [0.2, 0.25) is 0 Å². The van der Waals surface area contributed by atoms with Crippen molar-refractivity contribution >= 4 is 0 Å². The monoisotopic (exact) mass is 211 g/mol. The van der Waals surface area contributed by atoms with Crippen LogP contribution in [0, 0.1) is 5.92 Å². The highest BCUT2D eigenvalue weighted by Gasteiger charge is 2.10. The molecule has 3 unspecified atom stereocenters. The molecule has 1 aromatic rings. The second-order valence-corrected chi connectivity index (χ2v) is 4.34. The maximum absolute atomic E-state index is 9.23. The lowest BCUT2D eigenvalue weighted by atomic mass is 10.0. The summed E-state index contributed by atoms with van der Waals surface area (Å²) in [6, 6.07) is 4.10. The van der Waals surface area contributed by atoms with E-state index < -0.39 is 0 Å². The van der Waals surface area contributed by atoms with Crippen LogP contribution < -0.4 is 5.32 Å². The third-order valence-electron chi connectivity index (χ3n) is 2.49. The molecule has 2 N–H and O–H groups in total. The second kappa shape index (κ2) is 5.93. The van der Waals surface area contributed by atoms with Gasteiger partial charge in [0.2, 0.25) is 0 Å². The maximum atomic E-state index is 9.23. The smallest absolute Gasteiger partial charge is 0.120 e. The minimum absolute atomic E-state index is 0.222. The predicted octanol–water partition coefficient (Wildman–Crippen LogP) is 2.34. The van der Waals surface area contributed by atoms with Crippen LogP contribution in [0.5, 0.6) is 0 Å². The van der Waals surface area contributed by atoms with Gasteiger partial charge >= 0.3 is 0 Å². The zero-order chi connectivity index (χ0) is 11.3. The van der Waals surface area contributed by atoms with Crippen molar-refractivity contribution in [2.24, 2.45) is 5.92 Å². The molecule has 1 heterocycles. The third-order valence-corrected chi connectivity index (χ3v) is 2.49. The van der Waals surface area contributed by atoms with E-state index in [0.717, 1.165) is 18.7 Å². The highest BCUT2D eigenvalue weighted by molar-refractivity contribution is 5.02. The van der Waals surface area contributed by atoms with Crippen molar-refractivity contribution in [3.05, 3.63) is 24.2 Å². The van der Waals surface area contributed by atoms with Crippen molar-refractivity contribution in [1.82, 2.24) is 5.32 Å². The lowest BCUT2D eigenvalue weighted by Crippen LogP contribution is -2.25. The highest BCUT2D eigenvalue weighted by Crippen LogP contribution is 2.13. The van der Waals surface area contributed by atoms with E-state index in [1.54, 1.807) is 6.26 Å². The highest BCUT2D eigenvalue weighted by atomic mass is 16.3. The van der Waals surface area contributed by atoms with Gasteiger partial charge in [0, 0.05) is 0 Å². The first-order chi connectivity index (χ1) is 7.09. The first-order valence-electron chi connectivity index (χ1n) is 5.54. The molecule has 0 saturated carbocycles. The molecule has 86 valence electrons. The molecule has 1 aromatic heterocycles. The first kappa shape index (κ1) is 12.3. The van der Waals surface area contributed by atoms with E-state index >= 15 is 0 Å². The van der Waals surface area contributed by atoms with E-state index in [1.165, 1.54) is 0 Å². The molecule has 0 fully saturated rings. The van der Waals surface area contributed by atoms with Gasteiger partial charge in [0.15, 0.2) is 0 Å². The summed E-state index contributed by atoms with van der Waals surface area (Å²) in [6.45, 7) is 6.93. The summed E-state index contributed by atoms with van der Waals surface area (Å²) in [6.07, 6.45) is 2.30. The van der Waals surface area contributed by atoms with Crippen LogP contribution in [0.25, 0.3) is 0 Å². The Labute approximate surface area is 91.5 Å². The van der Waals surface area contributed by atoms with Crippen LogP contribution >= 0.6 is 0 Å². The molecule has 0 aromatic carbocycles. The summed E-state index contributed by atoms with van der Waals surface area (Å²) in [7, 11) is 0. The molecule has 15 heavy (non-hydrogen) atoms. The van der Waals surface area contributed by atoms with Crippen molar-refractivity contribution in [3.63, 3.8) is 0 Å². The fourth-order valence-electron chi connectivity index (χ4n) is 1.68. The number of aliphatic hydroxyl groups is 1. The van der Waals surface area contributed by atoms with Crippen molar-refractivity contribution in [1.29, 1.82) is 0 Å².